The third-order valence-electron chi connectivity index (χ3n) is 2.55. The van der Waals surface area contributed by atoms with Crippen molar-refractivity contribution >= 4 is 23.4 Å². The number of rotatable bonds is 6. The number of halogens is 1. The van der Waals surface area contributed by atoms with Crippen LogP contribution in [0.25, 0.3) is 6.08 Å². The Kier molecular flexibility index (Phi) is 4.62. The molecule has 0 aromatic heterocycles. The summed E-state index contributed by atoms with van der Waals surface area (Å²) in [5, 5.41) is 28.8. The summed E-state index contributed by atoms with van der Waals surface area (Å²) in [6.45, 7) is 6.62. The summed E-state index contributed by atoms with van der Waals surface area (Å²) >= 11 is 0. The summed E-state index contributed by atoms with van der Waals surface area (Å²) in [7, 11) is 0. The first-order valence-corrected chi connectivity index (χ1v) is 5.90. The van der Waals surface area contributed by atoms with E-state index in [0.717, 1.165) is 6.07 Å². The smallest absolute Gasteiger partial charge is 0.354 e. The van der Waals surface area contributed by atoms with Crippen molar-refractivity contribution in [2.75, 3.05) is 11.9 Å². The maximum absolute atomic E-state index is 13.7. The molecule has 0 bridgehead atoms. The van der Waals surface area contributed by atoms with Gasteiger partial charge in [-0.25, -0.2) is 9.18 Å². The van der Waals surface area contributed by atoms with Gasteiger partial charge in [0.1, 0.15) is 11.5 Å². The Morgan fingerprint density at radius 3 is 2.60 bits per heavy atom. The van der Waals surface area contributed by atoms with Crippen molar-refractivity contribution in [3.8, 4) is 0 Å². The largest absolute Gasteiger partial charge is 0.477 e. The lowest BCUT2D eigenvalue weighted by atomic mass is 10.0. The number of hydrogen-bond donors (Lipinski definition) is 4. The minimum Gasteiger partial charge on any atom is -0.477 e. The fraction of sp³-hybridized carbons (Fsp3) is 0.286. The maximum Gasteiger partial charge on any atom is 0.354 e. The van der Waals surface area contributed by atoms with Crippen molar-refractivity contribution in [3.63, 3.8) is 0 Å². The molecule has 20 heavy (non-hydrogen) atoms. The Balaban J connectivity index is 3.26. The molecule has 0 fully saturated rings. The average molecular weight is 280 g/mol. The number of carbonyl (C=O) groups is 1. The lowest BCUT2D eigenvalue weighted by molar-refractivity contribution is -0.129. The van der Waals surface area contributed by atoms with E-state index in [2.05, 4.69) is 11.9 Å². The third-order valence-corrected chi connectivity index (χ3v) is 2.55. The summed E-state index contributed by atoms with van der Waals surface area (Å²) in [6, 6.07) is 2.33. The molecule has 0 radical (unpaired) electrons. The Morgan fingerprint density at radius 1 is 1.55 bits per heavy atom. The first-order valence-electron chi connectivity index (χ1n) is 5.90. The SMILES string of the molecule is C=Cc1cc(C(=N)C(=O)O)c(NCC(C)(C)O)cc1F. The van der Waals surface area contributed by atoms with Crippen molar-refractivity contribution in [2.45, 2.75) is 19.4 Å². The van der Waals surface area contributed by atoms with Crippen LogP contribution in [0, 0.1) is 11.2 Å². The molecule has 0 unspecified atom stereocenters. The second-order valence-electron chi connectivity index (χ2n) is 4.97. The molecule has 1 rings (SSSR count). The van der Waals surface area contributed by atoms with Crippen molar-refractivity contribution in [3.05, 3.63) is 35.7 Å². The molecule has 0 saturated heterocycles. The monoisotopic (exact) mass is 280 g/mol. The molecule has 4 N–H and O–H groups in total. The average Bonchev–Trinajstić information content (AvgIpc) is 2.34. The van der Waals surface area contributed by atoms with E-state index < -0.39 is 23.1 Å². The van der Waals surface area contributed by atoms with Gasteiger partial charge in [0.25, 0.3) is 0 Å². The van der Waals surface area contributed by atoms with E-state index in [4.69, 9.17) is 10.5 Å². The van der Waals surface area contributed by atoms with Gasteiger partial charge >= 0.3 is 5.97 Å². The maximum atomic E-state index is 13.7. The molecular weight excluding hydrogens is 263 g/mol. The number of anilines is 1. The highest BCUT2D eigenvalue weighted by Crippen LogP contribution is 2.23. The molecule has 0 spiro atoms. The van der Waals surface area contributed by atoms with Crippen LogP contribution in [0.1, 0.15) is 25.0 Å². The normalized spacial score (nSPS) is 11.0. The van der Waals surface area contributed by atoms with E-state index in [-0.39, 0.29) is 23.4 Å². The number of nitrogens with one attached hydrogen (secondary N) is 2. The zero-order chi connectivity index (χ0) is 15.5. The van der Waals surface area contributed by atoms with Crippen LogP contribution >= 0.6 is 0 Å². The number of aliphatic carboxylic acids is 1. The van der Waals surface area contributed by atoms with Crippen LogP contribution in [0.3, 0.4) is 0 Å². The molecule has 0 atom stereocenters. The Labute approximate surface area is 116 Å². The predicted molar refractivity (Wildman–Crippen MR) is 75.7 cm³/mol. The van der Waals surface area contributed by atoms with Gasteiger partial charge in [0.05, 0.1) is 5.60 Å². The molecule has 0 aliphatic rings. The van der Waals surface area contributed by atoms with E-state index in [1.54, 1.807) is 13.8 Å². The lowest BCUT2D eigenvalue weighted by Gasteiger charge is -2.20. The van der Waals surface area contributed by atoms with Crippen LogP contribution in [0.15, 0.2) is 18.7 Å². The summed E-state index contributed by atoms with van der Waals surface area (Å²) in [5.41, 5.74) is -1.43. The van der Waals surface area contributed by atoms with Crippen molar-refractivity contribution in [2.24, 2.45) is 0 Å². The Bertz CT molecular complexity index is 562. The summed E-state index contributed by atoms with van der Waals surface area (Å²) in [5.74, 6) is -2.00. The second kappa shape index (κ2) is 5.83. The topological polar surface area (TPSA) is 93.4 Å². The number of hydrogen-bond acceptors (Lipinski definition) is 4. The zero-order valence-corrected chi connectivity index (χ0v) is 11.3. The van der Waals surface area contributed by atoms with Crippen molar-refractivity contribution in [1.82, 2.24) is 0 Å². The summed E-state index contributed by atoms with van der Waals surface area (Å²) in [4.78, 5) is 10.9. The highest BCUT2D eigenvalue weighted by molar-refractivity contribution is 6.42. The highest BCUT2D eigenvalue weighted by Gasteiger charge is 2.19. The van der Waals surface area contributed by atoms with E-state index in [9.17, 15) is 14.3 Å². The molecule has 1 aromatic rings. The Morgan fingerprint density at radius 2 is 2.15 bits per heavy atom. The molecule has 0 heterocycles. The van der Waals surface area contributed by atoms with Crippen LogP contribution < -0.4 is 5.32 Å². The Hall–Kier alpha value is -2.21. The van der Waals surface area contributed by atoms with Gasteiger partial charge in [-0.15, -0.1) is 0 Å². The second-order valence-corrected chi connectivity index (χ2v) is 4.97. The molecule has 0 amide bonds. The van der Waals surface area contributed by atoms with Crippen LogP contribution in [0.4, 0.5) is 10.1 Å². The van der Waals surface area contributed by atoms with Gasteiger partial charge in [0.2, 0.25) is 0 Å². The fourth-order valence-corrected chi connectivity index (χ4v) is 1.53. The van der Waals surface area contributed by atoms with Crippen molar-refractivity contribution in [1.29, 1.82) is 5.41 Å². The standard InChI is InChI=1S/C14H17FN2O3/c1-4-8-5-9(12(16)13(18)19)11(6-10(8)15)17-7-14(2,3)20/h4-6,16-17,20H,1,7H2,2-3H3,(H,18,19). The van der Waals surface area contributed by atoms with E-state index in [1.165, 1.54) is 12.1 Å². The van der Waals surface area contributed by atoms with E-state index >= 15 is 0 Å². The number of carboxylic acids is 1. The van der Waals surface area contributed by atoms with E-state index in [0.29, 0.717) is 0 Å². The van der Waals surface area contributed by atoms with Gasteiger partial charge in [-0.3, -0.25) is 5.41 Å². The molecular formula is C14H17FN2O3. The number of aliphatic hydroxyl groups is 1. The summed E-state index contributed by atoms with van der Waals surface area (Å²) in [6.07, 6.45) is 1.24. The number of benzene rings is 1. The lowest BCUT2D eigenvalue weighted by Crippen LogP contribution is -2.30. The van der Waals surface area contributed by atoms with E-state index in [1.807, 2.05) is 0 Å². The minimum absolute atomic E-state index is 0.0399. The van der Waals surface area contributed by atoms with Gasteiger partial charge in [-0.1, -0.05) is 12.7 Å². The minimum atomic E-state index is -1.42. The first kappa shape index (κ1) is 15.8. The third kappa shape index (κ3) is 3.89. The summed E-state index contributed by atoms with van der Waals surface area (Å²) < 4.78 is 13.7. The predicted octanol–water partition coefficient (Wildman–Crippen LogP) is 2.10. The zero-order valence-electron chi connectivity index (χ0n) is 11.3. The van der Waals surface area contributed by atoms with Crippen molar-refractivity contribution < 1.29 is 19.4 Å². The van der Waals surface area contributed by atoms with Crippen LogP contribution in [-0.2, 0) is 4.79 Å². The van der Waals surface area contributed by atoms with Crippen LogP contribution in [0.2, 0.25) is 0 Å². The van der Waals surface area contributed by atoms with Crippen LogP contribution in [0.5, 0.6) is 0 Å². The molecule has 0 aliphatic heterocycles. The molecule has 1 aromatic carbocycles. The quantitative estimate of drug-likeness (QED) is 0.600. The molecule has 0 aliphatic carbocycles. The van der Waals surface area contributed by atoms with Gasteiger partial charge < -0.3 is 15.5 Å². The van der Waals surface area contributed by atoms with Gasteiger partial charge in [0.15, 0.2) is 0 Å². The molecule has 108 valence electrons. The van der Waals surface area contributed by atoms with Gasteiger partial charge in [-0.2, -0.15) is 0 Å². The molecule has 6 heteroatoms. The van der Waals surface area contributed by atoms with Gasteiger partial charge in [-0.05, 0) is 26.0 Å². The molecule has 0 saturated carbocycles. The highest BCUT2D eigenvalue weighted by atomic mass is 19.1. The fourth-order valence-electron chi connectivity index (χ4n) is 1.53. The first-order chi connectivity index (χ1) is 9.15. The van der Waals surface area contributed by atoms with Gasteiger partial charge in [0, 0.05) is 23.4 Å². The number of carboxylic acid groups (broad SMARTS) is 1. The van der Waals surface area contributed by atoms with Crippen LogP contribution in [-0.4, -0.2) is 34.0 Å². The molecule has 5 nitrogen and oxygen atoms in total.